The van der Waals surface area contributed by atoms with Gasteiger partial charge in [-0.3, -0.25) is 19.5 Å². The number of aliphatic hydroxyl groups is 4. The van der Waals surface area contributed by atoms with Crippen LogP contribution in [0.25, 0.3) is 0 Å². The van der Waals surface area contributed by atoms with Gasteiger partial charge in [-0.1, -0.05) is 20.8 Å². The smallest absolute Gasteiger partial charge is 0.311 e. The maximum absolute atomic E-state index is 14.7. The molecule has 3 saturated heterocycles. The number of pyridine rings is 1. The van der Waals surface area contributed by atoms with E-state index in [1.807, 2.05) is 70.8 Å². The minimum Gasteiger partial charge on any atom is -0.459 e. The first-order valence-electron chi connectivity index (χ1n) is 23.7. The van der Waals surface area contributed by atoms with Crippen LogP contribution in [-0.4, -0.2) is 185 Å². The predicted molar refractivity (Wildman–Crippen MR) is 243 cm³/mol. The van der Waals surface area contributed by atoms with Gasteiger partial charge < -0.3 is 63.8 Å². The van der Waals surface area contributed by atoms with E-state index < -0.39 is 102 Å². The van der Waals surface area contributed by atoms with E-state index in [9.17, 15) is 30.0 Å². The van der Waals surface area contributed by atoms with Gasteiger partial charge in [-0.15, -0.1) is 0 Å². The predicted octanol–water partition coefficient (Wildman–Crippen LogP) is 3.07. The highest BCUT2D eigenvalue weighted by atomic mass is 16.7. The van der Waals surface area contributed by atoms with Crippen molar-refractivity contribution < 1.29 is 63.2 Å². The third-order valence-electron chi connectivity index (χ3n) is 14.3. The summed E-state index contributed by atoms with van der Waals surface area (Å²) >= 11 is 0. The van der Waals surface area contributed by atoms with Crippen LogP contribution in [0.1, 0.15) is 107 Å². The molecule has 0 unspecified atom stereocenters. The number of carbonyl (C=O) groups excluding carboxylic acids is 2. The Morgan fingerprint density at radius 2 is 1.65 bits per heavy atom. The topological polar surface area (TPSA) is 211 Å². The first-order valence-corrected chi connectivity index (χ1v) is 23.7. The second kappa shape index (κ2) is 23.8. The van der Waals surface area contributed by atoms with E-state index in [1.165, 1.54) is 14.0 Å². The second-order valence-electron chi connectivity index (χ2n) is 20.2. The van der Waals surface area contributed by atoms with Crippen LogP contribution in [0, 0.1) is 17.8 Å². The molecule has 1 aromatic heterocycles. The molecule has 0 aliphatic carbocycles. The van der Waals surface area contributed by atoms with Crippen LogP contribution in [0.15, 0.2) is 24.5 Å². The second-order valence-corrected chi connectivity index (χ2v) is 20.2. The van der Waals surface area contributed by atoms with Crippen molar-refractivity contribution in [3.63, 3.8) is 0 Å². The van der Waals surface area contributed by atoms with Gasteiger partial charge in [0.15, 0.2) is 12.6 Å². The molecule has 0 spiro atoms. The molecular formula is C48H84N4O13. The third kappa shape index (κ3) is 14.1. The van der Waals surface area contributed by atoms with Gasteiger partial charge in [0.05, 0.1) is 48.0 Å². The maximum atomic E-state index is 14.7. The Bertz CT molecular complexity index is 1620. The van der Waals surface area contributed by atoms with Crippen molar-refractivity contribution in [1.29, 1.82) is 0 Å². The molecule has 0 aromatic carbocycles. The van der Waals surface area contributed by atoms with Crippen molar-refractivity contribution in [3.8, 4) is 0 Å². The fourth-order valence-corrected chi connectivity index (χ4v) is 10.2. The molecule has 4 heterocycles. The maximum Gasteiger partial charge on any atom is 0.311 e. The van der Waals surface area contributed by atoms with E-state index in [4.69, 9.17) is 33.2 Å². The van der Waals surface area contributed by atoms with Crippen LogP contribution >= 0.6 is 0 Å². The Balaban J connectivity index is 1.73. The molecule has 3 aliphatic heterocycles. The zero-order chi connectivity index (χ0) is 48.6. The number of rotatable bonds is 14. The number of carbonyl (C=O) groups is 2. The summed E-state index contributed by atoms with van der Waals surface area (Å²) in [6.45, 7) is 19.1. The highest BCUT2D eigenvalue weighted by Crippen LogP contribution is 2.40. The zero-order valence-corrected chi connectivity index (χ0v) is 41.6. The quantitative estimate of drug-likeness (QED) is 0.134. The summed E-state index contributed by atoms with van der Waals surface area (Å²) in [5, 5.41) is 51.4. The normalized spacial score (nSPS) is 41.9. The monoisotopic (exact) mass is 925 g/mol. The number of hydrogen-bond acceptors (Lipinski definition) is 17. The Kier molecular flexibility index (Phi) is 20.2. The lowest BCUT2D eigenvalue weighted by Gasteiger charge is -2.48. The lowest BCUT2D eigenvalue weighted by atomic mass is 9.77. The molecular weight excluding hydrogens is 841 g/mol. The number of nitrogens with one attached hydrogen (secondary N) is 1. The molecule has 0 radical (unpaired) electrons. The molecule has 17 nitrogen and oxygen atoms in total. The Labute approximate surface area is 388 Å². The minimum absolute atomic E-state index is 0.0407. The number of ether oxygens (including phenoxy) is 7. The minimum atomic E-state index is -1.86. The first-order chi connectivity index (χ1) is 30.4. The standard InChI is InChI=1S/C48H84N4O13/c1-15-36-48(10,58)43(63-37(53)19-23-50-22-18-34-16-20-49-21-17-34)32(6)52(13)27-28(2)25-46(8,57)42(65-45-39(54)35(51(11)12)24-29(3)60-45)30(4)40(31(5)44(56)62-36)64-38-26-47(9,59-14)41(55)33(7)61-38/h16-17,20-21,28-33,35-36,38-43,45,50,54-55,57-58H,15,18-19,22-27H2,1-14H3/t28-,29-,30+,31-,32-,33+,35+,36-,38+,39-,40+,41+,42-,43-,45+,46+,47-,48-/m1/s1. The highest BCUT2D eigenvalue weighted by Gasteiger charge is 2.53. The molecule has 65 heavy (non-hydrogen) atoms. The fourth-order valence-electron chi connectivity index (χ4n) is 10.2. The van der Waals surface area contributed by atoms with Crippen LogP contribution in [0.3, 0.4) is 0 Å². The average Bonchev–Trinajstić information content (AvgIpc) is 3.24. The molecule has 374 valence electrons. The molecule has 0 saturated carbocycles. The lowest BCUT2D eigenvalue weighted by molar-refractivity contribution is -0.318. The summed E-state index contributed by atoms with van der Waals surface area (Å²) in [5.41, 5.74) is -3.41. The zero-order valence-electron chi connectivity index (χ0n) is 41.6. The molecule has 0 bridgehead atoms. The van der Waals surface area contributed by atoms with Crippen molar-refractivity contribution in [2.75, 3.05) is 47.9 Å². The molecule has 3 fully saturated rings. The van der Waals surface area contributed by atoms with E-state index in [-0.39, 0.29) is 43.7 Å². The van der Waals surface area contributed by atoms with Gasteiger partial charge in [0, 0.05) is 57.0 Å². The molecule has 0 amide bonds. The summed E-state index contributed by atoms with van der Waals surface area (Å²) in [5.74, 6) is -3.30. The summed E-state index contributed by atoms with van der Waals surface area (Å²) in [6.07, 6.45) is -4.27. The number of nitrogens with zero attached hydrogens (tertiary/aromatic N) is 3. The molecule has 3 aliphatic rings. The Morgan fingerprint density at radius 3 is 2.26 bits per heavy atom. The summed E-state index contributed by atoms with van der Waals surface area (Å²) in [6, 6.07) is 3.01. The largest absolute Gasteiger partial charge is 0.459 e. The van der Waals surface area contributed by atoms with Crippen LogP contribution in [-0.2, 0) is 49.2 Å². The van der Waals surface area contributed by atoms with Crippen molar-refractivity contribution in [2.24, 2.45) is 17.8 Å². The number of aliphatic hydroxyl groups excluding tert-OH is 2. The molecule has 18 atom stereocenters. The Morgan fingerprint density at radius 1 is 0.985 bits per heavy atom. The third-order valence-corrected chi connectivity index (χ3v) is 14.3. The van der Waals surface area contributed by atoms with E-state index in [2.05, 4.69) is 10.3 Å². The average molecular weight is 925 g/mol. The van der Waals surface area contributed by atoms with E-state index in [1.54, 1.807) is 47.0 Å². The van der Waals surface area contributed by atoms with Crippen molar-refractivity contribution in [1.82, 2.24) is 20.1 Å². The van der Waals surface area contributed by atoms with Gasteiger partial charge in [0.25, 0.3) is 0 Å². The van der Waals surface area contributed by atoms with Gasteiger partial charge in [0.2, 0.25) is 0 Å². The lowest BCUT2D eigenvalue weighted by Crippen LogP contribution is -2.61. The van der Waals surface area contributed by atoms with Crippen molar-refractivity contribution in [3.05, 3.63) is 30.1 Å². The molecule has 4 rings (SSSR count). The van der Waals surface area contributed by atoms with E-state index in [0.29, 0.717) is 26.1 Å². The number of likely N-dealkylation sites (N-methyl/N-ethyl adjacent to an activating group) is 2. The van der Waals surface area contributed by atoms with Gasteiger partial charge in [-0.05, 0) is 125 Å². The summed E-state index contributed by atoms with van der Waals surface area (Å²) in [7, 11) is 7.14. The number of methoxy groups -OCH3 is 1. The fraction of sp³-hybridized carbons (Fsp3) is 0.854. The van der Waals surface area contributed by atoms with Crippen molar-refractivity contribution >= 4 is 11.9 Å². The number of hydrogen-bond donors (Lipinski definition) is 5. The van der Waals surface area contributed by atoms with Gasteiger partial charge in [-0.2, -0.15) is 0 Å². The van der Waals surface area contributed by atoms with Crippen LogP contribution in [0.4, 0.5) is 0 Å². The van der Waals surface area contributed by atoms with Gasteiger partial charge in [-0.25, -0.2) is 0 Å². The van der Waals surface area contributed by atoms with E-state index in [0.717, 1.165) is 12.0 Å². The van der Waals surface area contributed by atoms with Gasteiger partial charge in [0.1, 0.15) is 30.0 Å². The van der Waals surface area contributed by atoms with Gasteiger partial charge >= 0.3 is 11.9 Å². The first kappa shape index (κ1) is 55.2. The van der Waals surface area contributed by atoms with Crippen molar-refractivity contribution in [2.45, 2.75) is 198 Å². The van der Waals surface area contributed by atoms with E-state index >= 15 is 0 Å². The number of aromatic nitrogens is 1. The molecule has 5 N–H and O–H groups in total. The van der Waals surface area contributed by atoms with Crippen LogP contribution in [0.2, 0.25) is 0 Å². The molecule has 1 aromatic rings. The number of cyclic esters (lactones) is 1. The Hall–Kier alpha value is -2.39. The SMILES string of the molecule is CC[C@H]1OC(=O)[C@H](C)[C@@H](O[C@H]2C[C@@](C)(OC)[C@@H](O)[C@H](C)O2)[C@H](C)[C@@H](O[C@@H]2O[C@H](C)C[C@H](N(C)C)[C@H]2O)[C@@](C)(O)C[C@@H](C)CN(C)[C@H](C)[C@@H](OC(=O)CCNCCc2ccncc2)[C@]1(C)O. The molecule has 17 heteroatoms. The highest BCUT2D eigenvalue weighted by molar-refractivity contribution is 5.73. The summed E-state index contributed by atoms with van der Waals surface area (Å²) < 4.78 is 44.4. The number of esters is 2. The summed E-state index contributed by atoms with van der Waals surface area (Å²) in [4.78, 5) is 36.3. The van der Waals surface area contributed by atoms with Crippen LogP contribution < -0.4 is 5.32 Å². The van der Waals surface area contributed by atoms with Crippen LogP contribution in [0.5, 0.6) is 0 Å².